The van der Waals surface area contributed by atoms with Crippen LogP contribution in [0, 0.1) is 10.1 Å². The van der Waals surface area contributed by atoms with Crippen molar-refractivity contribution < 1.29 is 143 Å². The van der Waals surface area contributed by atoms with Crippen molar-refractivity contribution in [1.82, 2.24) is 0 Å². The summed E-state index contributed by atoms with van der Waals surface area (Å²) in [4.78, 5) is 7.06. The second-order valence-electron chi connectivity index (χ2n) is 8.83. The molecule has 0 aliphatic carbocycles. The smallest absolute Gasteiger partial charge is 0.744 e. The first-order valence-corrected chi connectivity index (χ1v) is 16.1. The monoisotopic (exact) mass is 760 g/mol. The molecule has 0 aromatic heterocycles. The van der Waals surface area contributed by atoms with Crippen LogP contribution in [0.15, 0.2) is 108 Å². The third-order valence-corrected chi connectivity index (χ3v) is 8.26. The average molecular weight is 761 g/mol. The van der Waals surface area contributed by atoms with E-state index in [2.05, 4.69) is 25.8 Å². The molecule has 0 radical (unpaired) electrons. The molecule has 0 aliphatic rings. The Morgan fingerprint density at radius 1 is 0.592 bits per heavy atom. The minimum atomic E-state index is -5.33. The first kappa shape index (κ1) is 44.6. The number of nitro groups is 1. The van der Waals surface area contributed by atoms with Crippen LogP contribution in [0.4, 0.5) is 39.8 Å². The van der Waals surface area contributed by atoms with Crippen molar-refractivity contribution in [2.45, 2.75) is 14.7 Å². The van der Waals surface area contributed by atoms with Crippen LogP contribution in [0.25, 0.3) is 0 Å². The summed E-state index contributed by atoms with van der Waals surface area (Å²) >= 11 is 0. The molecule has 0 spiro atoms. The maximum Gasteiger partial charge on any atom is 1.00 e. The number of phenols is 2. The Hall–Kier alpha value is -2.39. The molecule has 4 aromatic carbocycles. The molecule has 4 aromatic rings. The molecule has 0 atom stereocenters. The van der Waals surface area contributed by atoms with Crippen LogP contribution in [-0.2, 0) is 30.4 Å². The predicted molar refractivity (Wildman–Crippen MR) is 151 cm³/mol. The van der Waals surface area contributed by atoms with Crippen LogP contribution in [0.3, 0.4) is 0 Å². The molecule has 19 nitrogen and oxygen atoms in total. The summed E-state index contributed by atoms with van der Waals surface area (Å²) in [6.07, 6.45) is 0. The van der Waals surface area contributed by atoms with Crippen LogP contribution in [-0.4, -0.2) is 54.0 Å². The fraction of sp³-hybridized carbons (Fsp3) is 0. The van der Waals surface area contributed by atoms with Gasteiger partial charge in [0.2, 0.25) is 0 Å². The second kappa shape index (κ2) is 17.7. The summed E-state index contributed by atoms with van der Waals surface area (Å²) in [6, 6.07) is 11.7. The van der Waals surface area contributed by atoms with Gasteiger partial charge in [0.1, 0.15) is 58.9 Å². The van der Waals surface area contributed by atoms with E-state index in [1.807, 2.05) is 0 Å². The van der Waals surface area contributed by atoms with Crippen molar-refractivity contribution in [3.63, 3.8) is 0 Å². The summed E-state index contributed by atoms with van der Waals surface area (Å²) in [7, 11) is -15.5. The Labute approximate surface area is 343 Å². The molecular weight excluding hydrogens is 745 g/mol. The molecule has 0 fully saturated rings. The van der Waals surface area contributed by atoms with Gasteiger partial charge >= 0.3 is 88.7 Å². The molecule has 0 amide bonds. The predicted octanol–water partition coefficient (Wildman–Crippen LogP) is -4.70. The minimum absolute atomic E-state index is 0. The van der Waals surface area contributed by atoms with Gasteiger partial charge in [-0.05, 0) is 48.5 Å². The topological polar surface area (TPSA) is 317 Å². The third kappa shape index (κ3) is 11.8. The van der Waals surface area contributed by atoms with Gasteiger partial charge in [0.05, 0.1) is 31.0 Å². The SMILES string of the molecule is O=[N+]([O-])c1ccc(Nc2ccc(N=Nc3cc(N=Nc4ccc(S(=O)(=O)[O-])cc4S(=O)(=O)[O-])c(O)cc3O)cc2)c(S(=O)(=O)[O-])c1.[Na+].[Na+].[Na+]. The van der Waals surface area contributed by atoms with Crippen LogP contribution < -0.4 is 94.0 Å². The van der Waals surface area contributed by atoms with Crippen molar-refractivity contribution in [1.29, 1.82) is 0 Å². The number of benzene rings is 4. The maximum absolute atomic E-state index is 11.6. The Morgan fingerprint density at radius 2 is 1.12 bits per heavy atom. The van der Waals surface area contributed by atoms with Crippen molar-refractivity contribution in [3.05, 3.63) is 82.9 Å². The van der Waals surface area contributed by atoms with E-state index < -0.39 is 78.5 Å². The van der Waals surface area contributed by atoms with Gasteiger partial charge in [0, 0.05) is 30.0 Å². The first-order valence-electron chi connectivity index (χ1n) is 11.9. The van der Waals surface area contributed by atoms with Crippen molar-refractivity contribution in [3.8, 4) is 11.5 Å². The number of azo groups is 2. The summed E-state index contributed by atoms with van der Waals surface area (Å²) in [5, 5.41) is 48.8. The van der Waals surface area contributed by atoms with E-state index in [0.717, 1.165) is 30.3 Å². The molecule has 25 heteroatoms. The number of non-ortho nitro benzene ring substituents is 1. The Kier molecular flexibility index (Phi) is 16.1. The minimum Gasteiger partial charge on any atom is -0.744 e. The van der Waals surface area contributed by atoms with Gasteiger partial charge in [-0.2, -0.15) is 5.11 Å². The summed E-state index contributed by atoms with van der Waals surface area (Å²) in [5.41, 5.74) is -1.78. The van der Waals surface area contributed by atoms with E-state index in [4.69, 9.17) is 0 Å². The molecule has 240 valence electrons. The largest absolute Gasteiger partial charge is 1.00 e. The van der Waals surface area contributed by atoms with Gasteiger partial charge < -0.3 is 29.2 Å². The van der Waals surface area contributed by atoms with Crippen molar-refractivity contribution in [2.75, 3.05) is 5.32 Å². The fourth-order valence-corrected chi connectivity index (χ4v) is 5.43. The molecule has 0 heterocycles. The Bertz CT molecular complexity index is 2270. The van der Waals surface area contributed by atoms with Crippen molar-refractivity contribution >= 4 is 70.2 Å². The number of anilines is 2. The number of nitro benzene ring substituents is 1. The standard InChI is InChI=1S/C24H18N6O13S3.3Na/c31-21-12-22(32)20(29-27-18-8-6-16(44(35,36)37)10-24(18)46(41,42)43)11-19(21)28-26-14-3-1-13(2-4-14)25-17-7-5-15(30(33)34)9-23(17)45(38,39)40;;;/h1-12,25,31-32H,(H,35,36,37)(H,38,39,40)(H,41,42,43);;;/q;3*+1/p-3. The molecule has 4 rings (SSSR count). The Morgan fingerprint density at radius 3 is 1.63 bits per heavy atom. The van der Waals surface area contributed by atoms with Crippen molar-refractivity contribution in [2.24, 2.45) is 20.5 Å². The van der Waals surface area contributed by atoms with E-state index in [0.29, 0.717) is 18.2 Å². The van der Waals surface area contributed by atoms with E-state index in [1.54, 1.807) is 0 Å². The summed E-state index contributed by atoms with van der Waals surface area (Å²) < 4.78 is 103. The average Bonchev–Trinajstić information content (AvgIpc) is 2.95. The number of nitrogens with one attached hydrogen (secondary N) is 1. The van der Waals surface area contributed by atoms with Crippen LogP contribution in [0.5, 0.6) is 11.5 Å². The van der Waals surface area contributed by atoms with E-state index in [9.17, 15) is 59.2 Å². The number of nitrogens with zero attached hydrogens (tertiary/aromatic N) is 5. The van der Waals surface area contributed by atoms with Gasteiger partial charge in [0.25, 0.3) is 5.69 Å². The number of hydrogen-bond donors (Lipinski definition) is 3. The first-order chi connectivity index (χ1) is 21.3. The zero-order valence-electron chi connectivity index (χ0n) is 25.3. The molecule has 0 bridgehead atoms. The molecular formula is C24H15N6Na3O13S3. The fourth-order valence-electron chi connectivity index (χ4n) is 3.57. The number of aromatic hydroxyl groups is 2. The van der Waals surface area contributed by atoms with Gasteiger partial charge in [-0.1, -0.05) is 0 Å². The molecule has 3 N–H and O–H groups in total. The van der Waals surface area contributed by atoms with Gasteiger partial charge in [-0.3, -0.25) is 10.1 Å². The van der Waals surface area contributed by atoms with E-state index in [1.165, 1.54) is 24.3 Å². The van der Waals surface area contributed by atoms with Crippen LogP contribution >= 0.6 is 0 Å². The quantitative estimate of drug-likeness (QED) is 0.0450. The van der Waals surface area contributed by atoms with Crippen LogP contribution in [0.2, 0.25) is 0 Å². The summed E-state index contributed by atoms with van der Waals surface area (Å²) in [6.45, 7) is 0. The van der Waals surface area contributed by atoms with Crippen LogP contribution in [0.1, 0.15) is 0 Å². The van der Waals surface area contributed by atoms with E-state index >= 15 is 0 Å². The molecule has 0 aliphatic heterocycles. The van der Waals surface area contributed by atoms with Gasteiger partial charge in [0.15, 0.2) is 0 Å². The molecule has 49 heavy (non-hydrogen) atoms. The number of rotatable bonds is 10. The van der Waals surface area contributed by atoms with Gasteiger partial charge in [-0.25, -0.2) is 25.3 Å². The Balaban J connectivity index is 0.00000400. The third-order valence-electron chi connectivity index (χ3n) is 5.69. The maximum atomic E-state index is 11.6. The zero-order valence-corrected chi connectivity index (χ0v) is 33.7. The number of phenolic OH excluding ortho intramolecular Hbond substituents is 2. The zero-order chi connectivity index (χ0) is 34.0. The second-order valence-corrected chi connectivity index (χ2v) is 12.9. The number of hydrogen-bond acceptors (Lipinski definition) is 18. The molecule has 0 saturated heterocycles. The van der Waals surface area contributed by atoms with Gasteiger partial charge in [-0.15, -0.1) is 15.3 Å². The molecule has 0 saturated carbocycles. The molecule has 0 unspecified atom stereocenters. The normalized spacial score (nSPS) is 11.7. The summed E-state index contributed by atoms with van der Waals surface area (Å²) in [5.74, 6) is -1.26. The van der Waals surface area contributed by atoms with E-state index in [-0.39, 0.29) is 111 Å².